The van der Waals surface area contributed by atoms with Crippen molar-refractivity contribution in [3.63, 3.8) is 0 Å². The molecule has 3 heteroatoms. The van der Waals surface area contributed by atoms with E-state index < -0.39 is 0 Å². The number of piperidine rings is 2. The van der Waals surface area contributed by atoms with Gasteiger partial charge in [0.1, 0.15) is 0 Å². The highest BCUT2D eigenvalue weighted by molar-refractivity contribution is 4.88. The lowest BCUT2D eigenvalue weighted by Gasteiger charge is -2.41. The summed E-state index contributed by atoms with van der Waals surface area (Å²) in [5, 5.41) is 6.87. The summed E-state index contributed by atoms with van der Waals surface area (Å²) in [5.74, 6) is 0. The summed E-state index contributed by atoms with van der Waals surface area (Å²) in [7, 11) is 0. The first-order valence-electron chi connectivity index (χ1n) is 9.82. The molecule has 22 heavy (non-hydrogen) atoms. The van der Waals surface area contributed by atoms with Crippen molar-refractivity contribution in [1.82, 2.24) is 10.6 Å². The fourth-order valence-electron chi connectivity index (χ4n) is 5.02. The number of hydrogen-bond acceptors (Lipinski definition) is 3. The summed E-state index contributed by atoms with van der Waals surface area (Å²) in [4.78, 5) is 0. The van der Waals surface area contributed by atoms with Crippen LogP contribution in [0.5, 0.6) is 0 Å². The average Bonchev–Trinajstić information content (AvgIpc) is 2.58. The van der Waals surface area contributed by atoms with E-state index in [1.165, 1.54) is 96.8 Å². The Hall–Kier alpha value is -0.120. The van der Waals surface area contributed by atoms with Gasteiger partial charge in [0.25, 0.3) is 0 Å². The third-order valence-corrected chi connectivity index (χ3v) is 6.80. The number of rotatable bonds is 0. The highest BCUT2D eigenvalue weighted by Gasteiger charge is 2.33. The van der Waals surface area contributed by atoms with Crippen LogP contribution in [0.1, 0.15) is 70.6 Å². The second-order valence-electron chi connectivity index (χ2n) is 8.17. The molecule has 0 amide bonds. The normalized spacial score (nSPS) is 30.5. The Labute approximate surface area is 137 Å². The lowest BCUT2D eigenvalue weighted by atomic mass is 9.69. The molecule has 2 spiro atoms. The van der Waals surface area contributed by atoms with Crippen LogP contribution in [0.3, 0.4) is 0 Å². The largest absolute Gasteiger partial charge is 0.381 e. The predicted octanol–water partition coefficient (Wildman–Crippen LogP) is 3.49. The molecule has 2 N–H and O–H groups in total. The minimum Gasteiger partial charge on any atom is -0.381 e. The summed E-state index contributed by atoms with van der Waals surface area (Å²) in [6, 6.07) is 0. The summed E-state index contributed by atoms with van der Waals surface area (Å²) < 4.78 is 5.40. The second-order valence-corrected chi connectivity index (χ2v) is 8.17. The van der Waals surface area contributed by atoms with E-state index in [2.05, 4.69) is 10.6 Å². The van der Waals surface area contributed by atoms with Gasteiger partial charge < -0.3 is 15.4 Å². The van der Waals surface area contributed by atoms with Gasteiger partial charge in [-0.05, 0) is 88.4 Å². The Bertz CT molecular complexity index is 236. The second kappa shape index (κ2) is 8.12. The Morgan fingerprint density at radius 1 is 0.500 bits per heavy atom. The first kappa shape index (κ1) is 16.7. The van der Waals surface area contributed by atoms with Crippen molar-refractivity contribution in [3.05, 3.63) is 0 Å². The van der Waals surface area contributed by atoms with E-state index in [0.29, 0.717) is 0 Å². The van der Waals surface area contributed by atoms with E-state index in [1.54, 1.807) is 0 Å². The van der Waals surface area contributed by atoms with E-state index in [0.717, 1.165) is 24.0 Å². The highest BCUT2D eigenvalue weighted by Crippen LogP contribution is 2.43. The maximum absolute atomic E-state index is 5.40. The minimum atomic E-state index is 0.733. The van der Waals surface area contributed by atoms with E-state index in [9.17, 15) is 0 Å². The first-order valence-corrected chi connectivity index (χ1v) is 9.82. The van der Waals surface area contributed by atoms with Gasteiger partial charge in [-0.25, -0.2) is 0 Å². The fourth-order valence-corrected chi connectivity index (χ4v) is 5.02. The van der Waals surface area contributed by atoms with Gasteiger partial charge in [0.15, 0.2) is 0 Å². The molecular weight excluding hydrogens is 272 g/mol. The molecular formula is C19H36N2O. The average molecular weight is 309 g/mol. The minimum absolute atomic E-state index is 0.733. The van der Waals surface area contributed by atoms with Gasteiger partial charge in [-0.1, -0.05) is 19.3 Å². The van der Waals surface area contributed by atoms with Crippen molar-refractivity contribution in [1.29, 1.82) is 0 Å². The maximum Gasteiger partial charge on any atom is 0.0471 e. The Kier molecular flexibility index (Phi) is 6.17. The van der Waals surface area contributed by atoms with Crippen molar-refractivity contribution < 1.29 is 4.74 Å². The molecule has 4 aliphatic rings. The van der Waals surface area contributed by atoms with Gasteiger partial charge in [0.05, 0.1) is 0 Å². The van der Waals surface area contributed by atoms with Crippen LogP contribution >= 0.6 is 0 Å². The van der Waals surface area contributed by atoms with Crippen LogP contribution in [-0.4, -0.2) is 39.4 Å². The van der Waals surface area contributed by atoms with Crippen molar-refractivity contribution in [3.8, 4) is 0 Å². The van der Waals surface area contributed by atoms with Crippen LogP contribution in [-0.2, 0) is 4.74 Å². The SMILES string of the molecule is C1CC2(CCN1)CCNCC2.C1CCC2(CC1)CCOCC2. The molecule has 3 saturated heterocycles. The summed E-state index contributed by atoms with van der Waals surface area (Å²) in [6.07, 6.45) is 15.7. The standard InChI is InChI=1S/C10H18O.C9H18N2/c1-2-4-10(5-3-1)6-8-11-9-7-10;1-5-10-6-2-9(1)3-7-11-8-4-9/h1-9H2;10-11H,1-8H2. The molecule has 4 fully saturated rings. The molecule has 3 nitrogen and oxygen atoms in total. The monoisotopic (exact) mass is 308 g/mol. The lowest BCUT2D eigenvalue weighted by Crippen LogP contribution is -2.43. The van der Waals surface area contributed by atoms with Gasteiger partial charge in [0, 0.05) is 13.2 Å². The molecule has 128 valence electrons. The molecule has 3 heterocycles. The Balaban J connectivity index is 0.000000131. The third kappa shape index (κ3) is 4.46. The first-order chi connectivity index (χ1) is 10.8. The van der Waals surface area contributed by atoms with Gasteiger partial charge >= 0.3 is 0 Å². The summed E-state index contributed by atoms with van der Waals surface area (Å²) in [5.41, 5.74) is 1.47. The van der Waals surface area contributed by atoms with E-state index in [1.807, 2.05) is 0 Å². The molecule has 1 saturated carbocycles. The van der Waals surface area contributed by atoms with E-state index in [4.69, 9.17) is 4.74 Å². The van der Waals surface area contributed by atoms with Crippen LogP contribution in [0.4, 0.5) is 0 Å². The molecule has 0 radical (unpaired) electrons. The Morgan fingerprint density at radius 3 is 1.45 bits per heavy atom. The molecule has 0 aromatic heterocycles. The summed E-state index contributed by atoms with van der Waals surface area (Å²) >= 11 is 0. The van der Waals surface area contributed by atoms with Crippen molar-refractivity contribution in [2.24, 2.45) is 10.8 Å². The molecule has 1 aliphatic carbocycles. The number of nitrogens with one attached hydrogen (secondary N) is 2. The third-order valence-electron chi connectivity index (χ3n) is 6.80. The van der Waals surface area contributed by atoms with Crippen LogP contribution in [0, 0.1) is 10.8 Å². The number of hydrogen-bond donors (Lipinski definition) is 2. The highest BCUT2D eigenvalue weighted by atomic mass is 16.5. The van der Waals surface area contributed by atoms with Crippen LogP contribution < -0.4 is 10.6 Å². The quantitative estimate of drug-likeness (QED) is 0.719. The molecule has 0 aromatic carbocycles. The van der Waals surface area contributed by atoms with Crippen molar-refractivity contribution >= 4 is 0 Å². The van der Waals surface area contributed by atoms with Gasteiger partial charge in [-0.15, -0.1) is 0 Å². The van der Waals surface area contributed by atoms with Crippen LogP contribution in [0.15, 0.2) is 0 Å². The van der Waals surface area contributed by atoms with E-state index >= 15 is 0 Å². The van der Waals surface area contributed by atoms with Gasteiger partial charge in [-0.3, -0.25) is 0 Å². The lowest BCUT2D eigenvalue weighted by molar-refractivity contribution is -0.00473. The fraction of sp³-hybridized carbons (Fsp3) is 1.00. The molecule has 0 atom stereocenters. The zero-order chi connectivity index (χ0) is 15.1. The van der Waals surface area contributed by atoms with Gasteiger partial charge in [-0.2, -0.15) is 0 Å². The topological polar surface area (TPSA) is 33.3 Å². The predicted molar refractivity (Wildman–Crippen MR) is 92.2 cm³/mol. The molecule has 0 bridgehead atoms. The molecule has 0 unspecified atom stereocenters. The van der Waals surface area contributed by atoms with Gasteiger partial charge in [0.2, 0.25) is 0 Å². The molecule has 4 rings (SSSR count). The van der Waals surface area contributed by atoms with Crippen LogP contribution in [0.25, 0.3) is 0 Å². The molecule has 0 aromatic rings. The smallest absolute Gasteiger partial charge is 0.0471 e. The number of ether oxygens (including phenoxy) is 1. The maximum atomic E-state index is 5.40. The van der Waals surface area contributed by atoms with Crippen LogP contribution in [0.2, 0.25) is 0 Å². The summed E-state index contributed by atoms with van der Waals surface area (Å²) in [6.45, 7) is 7.06. The van der Waals surface area contributed by atoms with Crippen molar-refractivity contribution in [2.75, 3.05) is 39.4 Å². The van der Waals surface area contributed by atoms with E-state index in [-0.39, 0.29) is 0 Å². The zero-order valence-electron chi connectivity index (χ0n) is 14.4. The molecule has 3 aliphatic heterocycles. The Morgan fingerprint density at radius 2 is 0.955 bits per heavy atom. The van der Waals surface area contributed by atoms with Crippen molar-refractivity contribution in [2.45, 2.75) is 70.6 Å². The zero-order valence-corrected chi connectivity index (χ0v) is 14.4.